The van der Waals surface area contributed by atoms with Crippen molar-refractivity contribution in [3.63, 3.8) is 0 Å². The number of fused-ring (bicyclic) bond motifs is 2. The first kappa shape index (κ1) is 21.6. The van der Waals surface area contributed by atoms with Crippen LogP contribution >= 0.6 is 0 Å². The third-order valence-corrected chi connectivity index (χ3v) is 6.40. The van der Waals surface area contributed by atoms with E-state index in [9.17, 15) is 19.2 Å². The molecule has 1 saturated carbocycles. The van der Waals surface area contributed by atoms with Crippen LogP contribution in [0.25, 0.3) is 0 Å². The van der Waals surface area contributed by atoms with E-state index in [-0.39, 0.29) is 25.0 Å². The average Bonchev–Trinajstić information content (AvgIpc) is 2.99. The number of nitrogens with zero attached hydrogens (tertiary/aromatic N) is 1. The lowest BCUT2D eigenvalue weighted by Gasteiger charge is -2.35. The van der Waals surface area contributed by atoms with E-state index in [1.54, 1.807) is 34.6 Å². The maximum absolute atomic E-state index is 13.1. The molecule has 0 unspecified atom stereocenters. The summed E-state index contributed by atoms with van der Waals surface area (Å²) < 4.78 is 16.4. The van der Waals surface area contributed by atoms with Gasteiger partial charge in [-0.3, -0.25) is 14.4 Å². The second-order valence-corrected chi connectivity index (χ2v) is 10.6. The van der Waals surface area contributed by atoms with Crippen LogP contribution in [0.4, 0.5) is 0 Å². The minimum Gasteiger partial charge on any atom is -0.459 e. The number of carbonyl (C=O) groups is 4. The summed E-state index contributed by atoms with van der Waals surface area (Å²) in [4.78, 5) is 51.7. The molecule has 2 bridgehead atoms. The zero-order valence-corrected chi connectivity index (χ0v) is 18.3. The van der Waals surface area contributed by atoms with Crippen molar-refractivity contribution >= 4 is 23.8 Å². The summed E-state index contributed by atoms with van der Waals surface area (Å²) in [6, 6.07) is 0. The molecule has 0 radical (unpaired) electrons. The average molecular weight is 409 g/mol. The van der Waals surface area contributed by atoms with Crippen molar-refractivity contribution in [3.05, 3.63) is 0 Å². The highest BCUT2D eigenvalue weighted by molar-refractivity contribution is 5.94. The molecule has 2 aliphatic heterocycles. The van der Waals surface area contributed by atoms with Gasteiger partial charge in [-0.05, 0) is 33.6 Å². The van der Waals surface area contributed by atoms with Crippen molar-refractivity contribution < 1.29 is 33.4 Å². The maximum atomic E-state index is 13.1. The van der Waals surface area contributed by atoms with Crippen LogP contribution < -0.4 is 0 Å². The highest BCUT2D eigenvalue weighted by Gasteiger charge is 2.71. The van der Waals surface area contributed by atoms with Crippen LogP contribution in [0.2, 0.25) is 0 Å². The molecule has 162 valence electrons. The minimum absolute atomic E-state index is 0.207. The molecule has 0 aromatic heterocycles. The van der Waals surface area contributed by atoms with Crippen LogP contribution in [-0.2, 0) is 33.4 Å². The van der Waals surface area contributed by atoms with Gasteiger partial charge < -0.3 is 19.1 Å². The molecule has 3 fully saturated rings. The first-order chi connectivity index (χ1) is 13.1. The molecule has 0 N–H and O–H groups in total. The van der Waals surface area contributed by atoms with Gasteiger partial charge in [0, 0.05) is 17.4 Å². The molecule has 0 aromatic rings. The molecule has 1 amide bonds. The Morgan fingerprint density at radius 1 is 1.17 bits per heavy atom. The first-order valence-corrected chi connectivity index (χ1v) is 10.1. The molecule has 3 atom stereocenters. The molecule has 29 heavy (non-hydrogen) atoms. The van der Waals surface area contributed by atoms with Crippen LogP contribution in [-0.4, -0.2) is 59.1 Å². The van der Waals surface area contributed by atoms with Gasteiger partial charge in [0.1, 0.15) is 12.1 Å². The minimum atomic E-state index is -1.36. The van der Waals surface area contributed by atoms with Crippen LogP contribution in [0.1, 0.15) is 61.3 Å². The second-order valence-electron chi connectivity index (χ2n) is 10.6. The normalized spacial score (nSPS) is 32.3. The van der Waals surface area contributed by atoms with E-state index in [4.69, 9.17) is 14.2 Å². The predicted octanol–water partition coefficient (Wildman–Crippen LogP) is 1.84. The Morgan fingerprint density at radius 2 is 1.79 bits per heavy atom. The monoisotopic (exact) mass is 409 g/mol. The van der Waals surface area contributed by atoms with Gasteiger partial charge in [-0.25, -0.2) is 4.79 Å². The lowest BCUT2D eigenvalue weighted by atomic mass is 9.75. The fourth-order valence-electron chi connectivity index (χ4n) is 4.79. The summed E-state index contributed by atoms with van der Waals surface area (Å²) >= 11 is 0. The topological polar surface area (TPSA) is 99.2 Å². The predicted molar refractivity (Wildman–Crippen MR) is 101 cm³/mol. The van der Waals surface area contributed by atoms with Crippen LogP contribution in [0.15, 0.2) is 0 Å². The van der Waals surface area contributed by atoms with Crippen molar-refractivity contribution in [2.75, 3.05) is 13.1 Å². The number of esters is 3. The summed E-state index contributed by atoms with van der Waals surface area (Å²) in [7, 11) is 0. The zero-order valence-electron chi connectivity index (χ0n) is 18.3. The molecule has 2 heterocycles. The van der Waals surface area contributed by atoms with E-state index in [0.29, 0.717) is 12.8 Å². The number of carbonyl (C=O) groups excluding carboxylic acids is 4. The molecule has 0 spiro atoms. The van der Waals surface area contributed by atoms with Gasteiger partial charge in [-0.2, -0.15) is 0 Å². The second kappa shape index (κ2) is 6.44. The molecule has 0 aromatic carbocycles. The van der Waals surface area contributed by atoms with Gasteiger partial charge in [-0.1, -0.05) is 27.7 Å². The fraction of sp³-hybridized carbons (Fsp3) is 0.810. The van der Waals surface area contributed by atoms with Crippen LogP contribution in [0.3, 0.4) is 0 Å². The smallest absolute Gasteiger partial charge is 0.352 e. The molecule has 3 aliphatic rings. The van der Waals surface area contributed by atoms with E-state index >= 15 is 0 Å². The van der Waals surface area contributed by atoms with E-state index in [1.165, 1.54) is 4.90 Å². The van der Waals surface area contributed by atoms with Crippen molar-refractivity contribution in [1.29, 1.82) is 0 Å². The zero-order chi connectivity index (χ0) is 22.0. The lowest BCUT2D eigenvalue weighted by molar-refractivity contribution is -0.190. The largest absolute Gasteiger partial charge is 0.459 e. The number of rotatable bonds is 4. The lowest BCUT2D eigenvalue weighted by Crippen LogP contribution is -2.51. The van der Waals surface area contributed by atoms with Crippen molar-refractivity contribution in [2.45, 2.75) is 78.6 Å². The number of hydrogen-bond acceptors (Lipinski definition) is 7. The fourth-order valence-corrected chi connectivity index (χ4v) is 4.79. The van der Waals surface area contributed by atoms with E-state index in [0.717, 1.165) is 0 Å². The quantitative estimate of drug-likeness (QED) is 0.516. The summed E-state index contributed by atoms with van der Waals surface area (Å²) in [5.74, 6) is -2.37. The summed E-state index contributed by atoms with van der Waals surface area (Å²) in [5, 5.41) is 0. The van der Waals surface area contributed by atoms with Crippen molar-refractivity contribution in [1.82, 2.24) is 4.90 Å². The van der Waals surface area contributed by atoms with Gasteiger partial charge in [0.05, 0.1) is 5.92 Å². The Kier molecular flexibility index (Phi) is 4.79. The number of likely N-dealkylation sites (tertiary alicyclic amines) is 1. The molecule has 8 heteroatoms. The molecule has 8 nitrogen and oxygen atoms in total. The number of ether oxygens (including phenoxy) is 3. The van der Waals surface area contributed by atoms with Gasteiger partial charge >= 0.3 is 17.9 Å². The molecule has 3 rings (SSSR count). The van der Waals surface area contributed by atoms with Gasteiger partial charge in [0.15, 0.2) is 6.10 Å². The Morgan fingerprint density at radius 3 is 2.28 bits per heavy atom. The highest BCUT2D eigenvalue weighted by Crippen LogP contribution is 2.59. The van der Waals surface area contributed by atoms with Gasteiger partial charge in [0.25, 0.3) is 5.91 Å². The summed E-state index contributed by atoms with van der Waals surface area (Å²) in [6.07, 6.45) is -0.104. The number of amides is 1. The van der Waals surface area contributed by atoms with Gasteiger partial charge in [-0.15, -0.1) is 0 Å². The Labute approximate surface area is 171 Å². The molecular weight excluding hydrogens is 378 g/mol. The Bertz CT molecular complexity index is 763. The van der Waals surface area contributed by atoms with E-state index in [2.05, 4.69) is 0 Å². The van der Waals surface area contributed by atoms with Crippen molar-refractivity contribution in [3.8, 4) is 0 Å². The maximum Gasteiger partial charge on any atom is 0.352 e. The van der Waals surface area contributed by atoms with Crippen LogP contribution in [0.5, 0.6) is 0 Å². The highest BCUT2D eigenvalue weighted by atomic mass is 16.6. The summed E-state index contributed by atoms with van der Waals surface area (Å²) in [6.45, 7) is 12.6. The van der Waals surface area contributed by atoms with E-state index in [1.807, 2.05) is 13.8 Å². The molecule has 2 saturated heterocycles. The van der Waals surface area contributed by atoms with Crippen molar-refractivity contribution in [2.24, 2.45) is 16.7 Å². The molecular formula is C21H31NO7. The first-order valence-electron chi connectivity index (χ1n) is 10.1. The van der Waals surface area contributed by atoms with Gasteiger partial charge in [0.2, 0.25) is 5.60 Å². The molecule has 1 aliphatic carbocycles. The SMILES string of the molecule is CC(C)(C)OC(=O)CN1CC(C)(C)[C@H](OC(=O)[C@@]23CC[C@@H](C(=O)O2)C3(C)C)C1=O. The number of hydrogen-bond donors (Lipinski definition) is 0. The van der Waals surface area contributed by atoms with Crippen LogP contribution in [0, 0.1) is 16.7 Å². The van der Waals surface area contributed by atoms with E-state index < -0.39 is 46.0 Å². The summed E-state index contributed by atoms with van der Waals surface area (Å²) in [5.41, 5.74) is -3.40. The standard InChI is InChI=1S/C21H31NO7/c1-18(2,3)28-13(23)10-22-11-19(4,5)14(15(22)24)27-17(26)21-9-8-12(16(25)29-21)20(21,6)7/h12,14H,8-11H2,1-7H3/t12-,14+,21+/m0/s1. The Balaban J connectivity index is 1.74. The third-order valence-electron chi connectivity index (χ3n) is 6.40. The Hall–Kier alpha value is -2.12. The third kappa shape index (κ3) is 3.40.